The fourth-order valence-corrected chi connectivity index (χ4v) is 3.77. The second-order valence-electron chi connectivity index (χ2n) is 6.63. The molecule has 2 fully saturated rings. The topological polar surface area (TPSA) is 49.8 Å². The molecule has 0 aliphatic carbocycles. The molecule has 1 N–H and O–H groups in total. The normalized spacial score (nSPS) is 27.5. The highest BCUT2D eigenvalue weighted by Crippen LogP contribution is 2.30. The molecule has 2 aliphatic rings. The van der Waals surface area contributed by atoms with E-state index in [4.69, 9.17) is 4.74 Å². The van der Waals surface area contributed by atoms with Crippen molar-refractivity contribution >= 4 is 5.91 Å². The fourth-order valence-electron chi connectivity index (χ4n) is 3.77. The molecule has 0 saturated carbocycles. The maximum Gasteiger partial charge on any atom is 0.223 e. The predicted octanol–water partition coefficient (Wildman–Crippen LogP) is 2.29. The first-order valence-corrected chi connectivity index (χ1v) is 8.55. The number of hydrogen-bond acceptors (Lipinski definition) is 3. The van der Waals surface area contributed by atoms with Crippen LogP contribution < -0.4 is 0 Å². The molecule has 3 atom stereocenters. The summed E-state index contributed by atoms with van der Waals surface area (Å²) in [6.07, 6.45) is 2.36. The van der Waals surface area contributed by atoms with Gasteiger partial charge in [0, 0.05) is 37.6 Å². The summed E-state index contributed by atoms with van der Waals surface area (Å²) in [4.78, 5) is 14.4. The first-order valence-electron chi connectivity index (χ1n) is 8.55. The number of halogens is 2. The summed E-state index contributed by atoms with van der Waals surface area (Å²) >= 11 is 0. The van der Waals surface area contributed by atoms with E-state index < -0.39 is 17.7 Å². The SMILES string of the molecule is O=C(CCc1ccc(F)cc1F)N1CCC[C@@H]1[C@@H]1COCC[C@H]1O. The summed E-state index contributed by atoms with van der Waals surface area (Å²) in [6.45, 7) is 1.70. The summed E-state index contributed by atoms with van der Waals surface area (Å²) in [7, 11) is 0. The fraction of sp³-hybridized carbons (Fsp3) is 0.611. The van der Waals surface area contributed by atoms with Crippen LogP contribution in [0.4, 0.5) is 8.78 Å². The van der Waals surface area contributed by atoms with Crippen LogP contribution in [0.3, 0.4) is 0 Å². The first kappa shape index (κ1) is 17.3. The Morgan fingerprint density at radius 2 is 2.17 bits per heavy atom. The van der Waals surface area contributed by atoms with Gasteiger partial charge in [0.2, 0.25) is 5.91 Å². The molecule has 2 aliphatic heterocycles. The molecule has 1 aromatic rings. The zero-order chi connectivity index (χ0) is 17.1. The van der Waals surface area contributed by atoms with Gasteiger partial charge in [0.25, 0.3) is 0 Å². The monoisotopic (exact) mass is 339 g/mol. The van der Waals surface area contributed by atoms with Crippen molar-refractivity contribution in [2.24, 2.45) is 5.92 Å². The standard InChI is InChI=1S/C18H23F2NO3/c19-13-5-3-12(15(20)10-13)4-6-18(23)21-8-1-2-16(21)14-11-24-9-7-17(14)22/h3,5,10,14,16-17,22H,1-2,4,6-9,11H2/t14-,16+,17+/m0/s1. The van der Waals surface area contributed by atoms with Gasteiger partial charge in [0.1, 0.15) is 11.6 Å². The van der Waals surface area contributed by atoms with Gasteiger partial charge in [-0.05, 0) is 37.3 Å². The van der Waals surface area contributed by atoms with Crippen LogP contribution in [0.25, 0.3) is 0 Å². The smallest absolute Gasteiger partial charge is 0.223 e. The Kier molecular flexibility index (Phi) is 5.46. The third-order valence-corrected chi connectivity index (χ3v) is 5.10. The van der Waals surface area contributed by atoms with Crippen molar-refractivity contribution in [1.82, 2.24) is 4.90 Å². The molecule has 2 saturated heterocycles. The molecule has 132 valence electrons. The van der Waals surface area contributed by atoms with Gasteiger partial charge in [0.15, 0.2) is 0 Å². The van der Waals surface area contributed by atoms with Gasteiger partial charge >= 0.3 is 0 Å². The first-order chi connectivity index (χ1) is 11.6. The Morgan fingerprint density at radius 1 is 1.33 bits per heavy atom. The van der Waals surface area contributed by atoms with Crippen LogP contribution in [0.15, 0.2) is 18.2 Å². The van der Waals surface area contributed by atoms with Crippen molar-refractivity contribution in [1.29, 1.82) is 0 Å². The van der Waals surface area contributed by atoms with E-state index in [0.29, 0.717) is 31.7 Å². The Labute approximate surface area is 140 Å². The van der Waals surface area contributed by atoms with Crippen LogP contribution in [0, 0.1) is 17.6 Å². The highest BCUT2D eigenvalue weighted by molar-refractivity contribution is 5.77. The van der Waals surface area contributed by atoms with E-state index in [1.807, 2.05) is 4.90 Å². The molecule has 2 heterocycles. The van der Waals surface area contributed by atoms with Crippen molar-refractivity contribution in [3.63, 3.8) is 0 Å². The average molecular weight is 339 g/mol. The number of nitrogens with zero attached hydrogens (tertiary/aromatic N) is 1. The Bertz CT molecular complexity index is 596. The van der Waals surface area contributed by atoms with E-state index in [1.165, 1.54) is 12.1 Å². The van der Waals surface area contributed by atoms with Gasteiger partial charge in [-0.1, -0.05) is 6.07 Å². The second-order valence-corrected chi connectivity index (χ2v) is 6.63. The van der Waals surface area contributed by atoms with E-state index >= 15 is 0 Å². The molecule has 6 heteroatoms. The van der Waals surface area contributed by atoms with E-state index in [9.17, 15) is 18.7 Å². The molecule has 4 nitrogen and oxygen atoms in total. The van der Waals surface area contributed by atoms with E-state index in [1.54, 1.807) is 0 Å². The average Bonchev–Trinajstić information content (AvgIpc) is 3.03. The lowest BCUT2D eigenvalue weighted by molar-refractivity contribution is -0.136. The molecule has 1 amide bonds. The minimum atomic E-state index is -0.617. The van der Waals surface area contributed by atoms with Crippen molar-refractivity contribution in [2.75, 3.05) is 19.8 Å². The summed E-state index contributed by atoms with van der Waals surface area (Å²) in [5.74, 6) is -1.32. The van der Waals surface area contributed by atoms with Crippen molar-refractivity contribution in [3.8, 4) is 0 Å². The van der Waals surface area contributed by atoms with Gasteiger partial charge in [-0.3, -0.25) is 4.79 Å². The van der Waals surface area contributed by atoms with Gasteiger partial charge in [-0.15, -0.1) is 0 Å². The highest BCUT2D eigenvalue weighted by Gasteiger charge is 2.39. The number of aliphatic hydroxyl groups excluding tert-OH is 1. The van der Waals surface area contributed by atoms with Crippen LogP contribution in [0.2, 0.25) is 0 Å². The maximum atomic E-state index is 13.7. The van der Waals surface area contributed by atoms with E-state index in [2.05, 4.69) is 0 Å². The summed E-state index contributed by atoms with van der Waals surface area (Å²) < 4.78 is 32.1. The second kappa shape index (κ2) is 7.57. The summed E-state index contributed by atoms with van der Waals surface area (Å²) in [6, 6.07) is 3.43. The molecule has 1 aromatic carbocycles. The lowest BCUT2D eigenvalue weighted by Crippen LogP contribution is -2.48. The van der Waals surface area contributed by atoms with Gasteiger partial charge in [0.05, 0.1) is 12.7 Å². The third kappa shape index (κ3) is 3.75. The number of carbonyl (C=O) groups excluding carboxylic acids is 1. The van der Waals surface area contributed by atoms with Gasteiger partial charge in [-0.25, -0.2) is 8.78 Å². The highest BCUT2D eigenvalue weighted by atomic mass is 19.1. The Hall–Kier alpha value is -1.53. The molecule has 0 bridgehead atoms. The number of aryl methyl sites for hydroxylation is 1. The van der Waals surface area contributed by atoms with Crippen LogP contribution in [0.5, 0.6) is 0 Å². The third-order valence-electron chi connectivity index (χ3n) is 5.10. The number of aliphatic hydroxyl groups is 1. The minimum absolute atomic E-state index is 0.00846. The number of rotatable bonds is 4. The number of ether oxygens (including phenoxy) is 1. The predicted molar refractivity (Wildman–Crippen MR) is 84.3 cm³/mol. The number of likely N-dealkylation sites (tertiary alicyclic amines) is 1. The number of carbonyl (C=O) groups is 1. The molecular weight excluding hydrogens is 316 g/mol. The van der Waals surface area contributed by atoms with Gasteiger partial charge in [-0.2, -0.15) is 0 Å². The van der Waals surface area contributed by atoms with Crippen molar-refractivity contribution in [3.05, 3.63) is 35.4 Å². The zero-order valence-corrected chi connectivity index (χ0v) is 13.6. The maximum absolute atomic E-state index is 13.7. The van der Waals surface area contributed by atoms with Crippen molar-refractivity contribution in [2.45, 2.75) is 44.2 Å². The molecule has 0 spiro atoms. The van der Waals surface area contributed by atoms with Crippen LogP contribution in [-0.2, 0) is 16.0 Å². The number of benzene rings is 1. The number of amides is 1. The molecule has 3 rings (SSSR count). The Morgan fingerprint density at radius 3 is 2.92 bits per heavy atom. The van der Waals surface area contributed by atoms with Crippen LogP contribution >= 0.6 is 0 Å². The molecule has 24 heavy (non-hydrogen) atoms. The largest absolute Gasteiger partial charge is 0.393 e. The zero-order valence-electron chi connectivity index (χ0n) is 13.6. The molecular formula is C18H23F2NO3. The molecule has 0 aromatic heterocycles. The molecule has 0 radical (unpaired) electrons. The van der Waals surface area contributed by atoms with E-state index in [-0.39, 0.29) is 30.7 Å². The molecule has 0 unspecified atom stereocenters. The van der Waals surface area contributed by atoms with E-state index in [0.717, 1.165) is 18.9 Å². The minimum Gasteiger partial charge on any atom is -0.393 e. The number of hydrogen-bond donors (Lipinski definition) is 1. The Balaban J connectivity index is 1.61. The van der Waals surface area contributed by atoms with Gasteiger partial charge < -0.3 is 14.7 Å². The lowest BCUT2D eigenvalue weighted by Gasteiger charge is -2.37. The quantitative estimate of drug-likeness (QED) is 0.916. The van der Waals surface area contributed by atoms with Crippen LogP contribution in [0.1, 0.15) is 31.2 Å². The van der Waals surface area contributed by atoms with Crippen molar-refractivity contribution < 1.29 is 23.4 Å². The van der Waals surface area contributed by atoms with Crippen LogP contribution in [-0.4, -0.2) is 47.8 Å². The summed E-state index contributed by atoms with van der Waals surface area (Å²) in [5.41, 5.74) is 0.349. The summed E-state index contributed by atoms with van der Waals surface area (Å²) in [5, 5.41) is 10.2. The lowest BCUT2D eigenvalue weighted by atomic mass is 9.89.